The van der Waals surface area contributed by atoms with Crippen LogP contribution in [0.2, 0.25) is 0 Å². The van der Waals surface area contributed by atoms with Crippen molar-refractivity contribution in [3.05, 3.63) is 58.3 Å². The van der Waals surface area contributed by atoms with Crippen molar-refractivity contribution < 1.29 is 27.4 Å². The SMILES string of the molecule is COc1cc2c(cc1O[C@H]1CCOC1)c(=N[C@H](C)c1cccc(C(F)(F)F)c1C)nc(C)n2C. The number of ether oxygens (including phenoxy) is 3. The van der Waals surface area contributed by atoms with Crippen LogP contribution >= 0.6 is 0 Å². The van der Waals surface area contributed by atoms with Crippen LogP contribution in [0.15, 0.2) is 35.3 Å². The van der Waals surface area contributed by atoms with E-state index in [1.807, 2.05) is 30.7 Å². The molecule has 1 saturated heterocycles. The molecule has 1 aliphatic heterocycles. The predicted octanol–water partition coefficient (Wildman–Crippen LogP) is 5.05. The smallest absolute Gasteiger partial charge is 0.416 e. The number of fused-ring (bicyclic) bond motifs is 1. The number of methoxy groups -OCH3 is 1. The van der Waals surface area contributed by atoms with Crippen molar-refractivity contribution in [2.45, 2.75) is 45.5 Å². The third-order valence-corrected chi connectivity index (χ3v) is 6.27. The van der Waals surface area contributed by atoms with Crippen LogP contribution in [0, 0.1) is 13.8 Å². The van der Waals surface area contributed by atoms with Crippen LogP contribution in [0.1, 0.15) is 41.9 Å². The molecule has 0 saturated carbocycles. The van der Waals surface area contributed by atoms with Crippen LogP contribution in [-0.2, 0) is 18.0 Å². The first kappa shape index (κ1) is 24.1. The number of alkyl halides is 3. The van der Waals surface area contributed by atoms with Gasteiger partial charge in [0.1, 0.15) is 11.9 Å². The maximum atomic E-state index is 13.4. The molecule has 4 rings (SSSR count). The first-order valence-corrected chi connectivity index (χ1v) is 11.1. The van der Waals surface area contributed by atoms with Crippen molar-refractivity contribution in [3.8, 4) is 11.5 Å². The molecule has 1 aliphatic rings. The molecule has 0 radical (unpaired) electrons. The Labute approximate surface area is 196 Å². The first-order valence-electron chi connectivity index (χ1n) is 11.1. The van der Waals surface area contributed by atoms with Gasteiger partial charge in [0, 0.05) is 24.9 Å². The quantitative estimate of drug-likeness (QED) is 0.518. The van der Waals surface area contributed by atoms with Gasteiger partial charge in [0.2, 0.25) is 0 Å². The normalized spacial score (nSPS) is 17.9. The highest BCUT2D eigenvalue weighted by atomic mass is 19.4. The molecule has 0 spiro atoms. The van der Waals surface area contributed by atoms with Gasteiger partial charge in [-0.15, -0.1) is 0 Å². The van der Waals surface area contributed by atoms with E-state index in [1.54, 1.807) is 20.1 Å². The molecule has 0 aliphatic carbocycles. The van der Waals surface area contributed by atoms with Gasteiger partial charge in [-0.2, -0.15) is 13.2 Å². The zero-order valence-electron chi connectivity index (χ0n) is 19.9. The van der Waals surface area contributed by atoms with E-state index in [9.17, 15) is 13.2 Å². The molecule has 2 heterocycles. The Bertz CT molecular complexity index is 1280. The number of aromatic nitrogens is 2. The van der Waals surface area contributed by atoms with Crippen molar-refractivity contribution in [2.24, 2.45) is 12.0 Å². The Morgan fingerprint density at radius 1 is 1.21 bits per heavy atom. The highest BCUT2D eigenvalue weighted by molar-refractivity contribution is 5.82. The average molecular weight is 476 g/mol. The fraction of sp³-hybridized carbons (Fsp3) is 0.440. The summed E-state index contributed by atoms with van der Waals surface area (Å²) in [6, 6.07) is 7.35. The Hall–Kier alpha value is -3.07. The second kappa shape index (κ2) is 9.29. The Balaban J connectivity index is 1.87. The molecular formula is C25H28F3N3O3. The van der Waals surface area contributed by atoms with Gasteiger partial charge in [-0.3, -0.25) is 4.99 Å². The molecule has 0 amide bonds. The maximum absolute atomic E-state index is 13.4. The molecule has 0 unspecified atom stereocenters. The van der Waals surface area contributed by atoms with E-state index in [0.717, 1.165) is 23.4 Å². The molecular weight excluding hydrogens is 447 g/mol. The molecule has 182 valence electrons. The number of halogens is 3. The van der Waals surface area contributed by atoms with Gasteiger partial charge >= 0.3 is 6.18 Å². The summed E-state index contributed by atoms with van der Waals surface area (Å²) < 4.78 is 59.3. The molecule has 2 atom stereocenters. The zero-order valence-corrected chi connectivity index (χ0v) is 19.9. The number of hydrogen-bond donors (Lipinski definition) is 0. The van der Waals surface area contributed by atoms with Crippen molar-refractivity contribution in [1.82, 2.24) is 9.55 Å². The summed E-state index contributed by atoms with van der Waals surface area (Å²) in [6.45, 7) is 6.25. The summed E-state index contributed by atoms with van der Waals surface area (Å²) in [5.41, 5.74) is 1.28. The summed E-state index contributed by atoms with van der Waals surface area (Å²) in [7, 11) is 3.47. The predicted molar refractivity (Wildman–Crippen MR) is 122 cm³/mol. The van der Waals surface area contributed by atoms with E-state index in [0.29, 0.717) is 41.6 Å². The number of benzene rings is 2. The summed E-state index contributed by atoms with van der Waals surface area (Å²) >= 11 is 0. The van der Waals surface area contributed by atoms with Crippen LogP contribution < -0.4 is 15.0 Å². The van der Waals surface area contributed by atoms with E-state index in [-0.39, 0.29) is 11.7 Å². The Morgan fingerprint density at radius 3 is 2.62 bits per heavy atom. The molecule has 6 nitrogen and oxygen atoms in total. The molecule has 34 heavy (non-hydrogen) atoms. The minimum absolute atomic E-state index is 0.0782. The van der Waals surface area contributed by atoms with E-state index in [2.05, 4.69) is 4.98 Å². The molecule has 1 fully saturated rings. The lowest BCUT2D eigenvalue weighted by Crippen LogP contribution is -2.20. The third kappa shape index (κ3) is 4.61. The second-order valence-corrected chi connectivity index (χ2v) is 8.49. The molecule has 1 aromatic heterocycles. The van der Waals surface area contributed by atoms with E-state index >= 15 is 0 Å². The van der Waals surface area contributed by atoms with Crippen LogP contribution in [0.4, 0.5) is 13.2 Å². The average Bonchev–Trinajstić information content (AvgIpc) is 3.29. The summed E-state index contributed by atoms with van der Waals surface area (Å²) in [5.74, 6) is 1.84. The second-order valence-electron chi connectivity index (χ2n) is 8.49. The fourth-order valence-electron chi connectivity index (χ4n) is 4.27. The summed E-state index contributed by atoms with van der Waals surface area (Å²) in [4.78, 5) is 9.41. The Kier molecular flexibility index (Phi) is 6.58. The molecule has 3 aromatic rings. The van der Waals surface area contributed by atoms with Gasteiger partial charge in [0.25, 0.3) is 0 Å². The van der Waals surface area contributed by atoms with E-state index in [1.165, 1.54) is 13.0 Å². The van der Waals surface area contributed by atoms with Crippen molar-refractivity contribution in [1.29, 1.82) is 0 Å². The lowest BCUT2D eigenvalue weighted by molar-refractivity contribution is -0.138. The minimum Gasteiger partial charge on any atom is -0.493 e. The first-order chi connectivity index (χ1) is 16.1. The molecule has 9 heteroatoms. The molecule has 0 bridgehead atoms. The topological polar surface area (TPSA) is 57.9 Å². The highest BCUT2D eigenvalue weighted by Crippen LogP contribution is 2.36. The number of nitrogens with zero attached hydrogens (tertiary/aromatic N) is 3. The van der Waals surface area contributed by atoms with Gasteiger partial charge in [-0.05, 0) is 44.0 Å². The Morgan fingerprint density at radius 2 is 1.97 bits per heavy atom. The van der Waals surface area contributed by atoms with Gasteiger partial charge in [0.05, 0.1) is 37.4 Å². The third-order valence-electron chi connectivity index (χ3n) is 6.27. The standard InChI is InChI=1S/C25H28F3N3O3/c1-14-18(7-6-8-20(14)25(26,27)28)15(2)29-24-19-11-23(34-17-9-10-33-13-17)22(32-5)12-21(19)31(4)16(3)30-24/h6-8,11-12,15,17H,9-10,13H2,1-5H3/t15-,17+/m1/s1. The number of rotatable bonds is 5. The highest BCUT2D eigenvalue weighted by Gasteiger charge is 2.33. The van der Waals surface area contributed by atoms with Gasteiger partial charge in [-0.25, -0.2) is 4.98 Å². The van der Waals surface area contributed by atoms with E-state index < -0.39 is 17.8 Å². The van der Waals surface area contributed by atoms with Crippen LogP contribution in [0.25, 0.3) is 10.9 Å². The molecule has 2 aromatic carbocycles. The maximum Gasteiger partial charge on any atom is 0.416 e. The van der Waals surface area contributed by atoms with Gasteiger partial charge in [-0.1, -0.05) is 12.1 Å². The van der Waals surface area contributed by atoms with Crippen molar-refractivity contribution in [2.75, 3.05) is 20.3 Å². The zero-order chi connectivity index (χ0) is 24.6. The number of hydrogen-bond acceptors (Lipinski definition) is 5. The van der Waals surface area contributed by atoms with Crippen LogP contribution in [0.3, 0.4) is 0 Å². The van der Waals surface area contributed by atoms with Crippen molar-refractivity contribution in [3.63, 3.8) is 0 Å². The van der Waals surface area contributed by atoms with E-state index in [4.69, 9.17) is 19.2 Å². The minimum atomic E-state index is -4.42. The summed E-state index contributed by atoms with van der Waals surface area (Å²) in [6.07, 6.45) is -3.72. The largest absolute Gasteiger partial charge is 0.493 e. The lowest BCUT2D eigenvalue weighted by Gasteiger charge is -2.18. The summed E-state index contributed by atoms with van der Waals surface area (Å²) in [5, 5.41) is 0.722. The molecule has 0 N–H and O–H groups in total. The van der Waals surface area contributed by atoms with Crippen LogP contribution in [-0.4, -0.2) is 36.0 Å². The number of aryl methyl sites for hydroxylation is 2. The fourth-order valence-corrected chi connectivity index (χ4v) is 4.27. The van der Waals surface area contributed by atoms with Gasteiger partial charge in [0.15, 0.2) is 17.0 Å². The van der Waals surface area contributed by atoms with Gasteiger partial charge < -0.3 is 18.8 Å². The lowest BCUT2D eigenvalue weighted by atomic mass is 9.97. The van der Waals surface area contributed by atoms with Crippen molar-refractivity contribution >= 4 is 10.9 Å². The monoisotopic (exact) mass is 475 g/mol. The van der Waals surface area contributed by atoms with Crippen LogP contribution in [0.5, 0.6) is 11.5 Å².